The first kappa shape index (κ1) is 16.6. The Morgan fingerprint density at radius 1 is 1.41 bits per heavy atom. The molecule has 0 radical (unpaired) electrons. The van der Waals surface area contributed by atoms with E-state index in [0.717, 1.165) is 16.9 Å². The molecule has 7 heteroatoms. The van der Waals surface area contributed by atoms with Crippen LogP contribution in [0, 0.1) is 5.82 Å². The van der Waals surface area contributed by atoms with Crippen LogP contribution in [0.4, 0.5) is 18.0 Å². The van der Waals surface area contributed by atoms with E-state index < -0.39 is 19.0 Å². The van der Waals surface area contributed by atoms with Gasteiger partial charge in [0.05, 0.1) is 13.2 Å². The number of hydrogen-bond donors (Lipinski definition) is 1. The summed E-state index contributed by atoms with van der Waals surface area (Å²) >= 11 is 0. The van der Waals surface area contributed by atoms with Crippen molar-refractivity contribution in [2.45, 2.75) is 24.8 Å². The van der Waals surface area contributed by atoms with Crippen LogP contribution >= 0.6 is 0 Å². The molecule has 1 aliphatic carbocycles. The molecule has 1 fully saturated rings. The molecule has 0 saturated heterocycles. The van der Waals surface area contributed by atoms with Crippen LogP contribution in [-0.4, -0.2) is 50.2 Å². The normalized spacial score (nSPS) is 20.0. The fourth-order valence-corrected chi connectivity index (χ4v) is 2.33. The van der Waals surface area contributed by atoms with Crippen molar-refractivity contribution < 1.29 is 22.7 Å². The minimum absolute atomic E-state index is 0.0966. The van der Waals surface area contributed by atoms with Gasteiger partial charge < -0.3 is 15.0 Å². The molecule has 0 aliphatic heterocycles. The average molecular weight is 316 g/mol. The predicted molar refractivity (Wildman–Crippen MR) is 75.5 cm³/mol. The van der Waals surface area contributed by atoms with Gasteiger partial charge in [0.2, 0.25) is 0 Å². The minimum atomic E-state index is -2.59. The SMILES string of the molecule is COCCN(CC(F)F)C(=O)N[C@H]1C[C@@H]1c1ccc(F)cc1. The van der Waals surface area contributed by atoms with Gasteiger partial charge in [-0.3, -0.25) is 0 Å². The number of carbonyl (C=O) groups excluding carboxylic acids is 1. The Morgan fingerprint density at radius 2 is 2.09 bits per heavy atom. The maximum absolute atomic E-state index is 12.9. The smallest absolute Gasteiger partial charge is 0.317 e. The van der Waals surface area contributed by atoms with E-state index in [0.29, 0.717) is 0 Å². The summed E-state index contributed by atoms with van der Waals surface area (Å²) in [6.07, 6.45) is -1.86. The summed E-state index contributed by atoms with van der Waals surface area (Å²) in [5.74, 6) is -0.201. The zero-order chi connectivity index (χ0) is 16.1. The highest BCUT2D eigenvalue weighted by atomic mass is 19.3. The van der Waals surface area contributed by atoms with E-state index in [1.165, 1.54) is 19.2 Å². The Balaban J connectivity index is 1.86. The summed E-state index contributed by atoms with van der Waals surface area (Å²) in [5, 5.41) is 2.74. The molecule has 2 amide bonds. The molecule has 1 saturated carbocycles. The van der Waals surface area contributed by atoms with Crippen molar-refractivity contribution in [1.29, 1.82) is 0 Å². The number of hydrogen-bond acceptors (Lipinski definition) is 2. The average Bonchev–Trinajstić information content (AvgIpc) is 3.23. The predicted octanol–water partition coefficient (Wildman–Crippen LogP) is 2.60. The second-order valence-corrected chi connectivity index (χ2v) is 5.28. The second kappa shape index (κ2) is 7.49. The van der Waals surface area contributed by atoms with E-state index in [-0.39, 0.29) is 30.9 Å². The summed E-state index contributed by atoms with van der Waals surface area (Å²) in [6, 6.07) is 5.47. The van der Waals surface area contributed by atoms with Crippen LogP contribution in [0.1, 0.15) is 17.9 Å². The molecular weight excluding hydrogens is 297 g/mol. The minimum Gasteiger partial charge on any atom is -0.383 e. The number of nitrogens with one attached hydrogen (secondary N) is 1. The lowest BCUT2D eigenvalue weighted by atomic mass is 10.1. The third-order valence-corrected chi connectivity index (χ3v) is 3.61. The van der Waals surface area contributed by atoms with Gasteiger partial charge in [-0.05, 0) is 24.1 Å². The number of halogens is 3. The molecule has 0 bridgehead atoms. The van der Waals surface area contributed by atoms with Crippen molar-refractivity contribution in [3.8, 4) is 0 Å². The number of carbonyl (C=O) groups is 1. The standard InChI is InChI=1S/C15H19F3N2O2/c1-22-7-6-20(9-14(17)18)15(21)19-13-8-12(13)10-2-4-11(16)5-3-10/h2-5,12-14H,6-9H2,1H3,(H,19,21)/t12-,13+/m1/s1. The summed E-state index contributed by atoms with van der Waals surface area (Å²) in [4.78, 5) is 13.1. The van der Waals surface area contributed by atoms with E-state index in [4.69, 9.17) is 4.74 Å². The summed E-state index contributed by atoms with van der Waals surface area (Å²) < 4.78 is 42.7. The van der Waals surface area contributed by atoms with Gasteiger partial charge in [0, 0.05) is 25.6 Å². The first-order chi connectivity index (χ1) is 10.5. The molecule has 1 N–H and O–H groups in total. The van der Waals surface area contributed by atoms with Crippen molar-refractivity contribution in [2.24, 2.45) is 0 Å². The molecule has 1 aliphatic rings. The Hall–Kier alpha value is -1.76. The quantitative estimate of drug-likeness (QED) is 0.840. The number of urea groups is 1. The number of ether oxygens (including phenoxy) is 1. The fraction of sp³-hybridized carbons (Fsp3) is 0.533. The zero-order valence-corrected chi connectivity index (χ0v) is 12.3. The van der Waals surface area contributed by atoms with Gasteiger partial charge in [-0.15, -0.1) is 0 Å². The van der Waals surface area contributed by atoms with Crippen LogP contribution in [0.25, 0.3) is 0 Å². The van der Waals surface area contributed by atoms with Crippen LogP contribution in [0.2, 0.25) is 0 Å². The molecule has 4 nitrogen and oxygen atoms in total. The van der Waals surface area contributed by atoms with Crippen molar-refractivity contribution in [1.82, 2.24) is 10.2 Å². The van der Waals surface area contributed by atoms with Gasteiger partial charge in [-0.25, -0.2) is 18.0 Å². The Morgan fingerprint density at radius 3 is 2.68 bits per heavy atom. The second-order valence-electron chi connectivity index (χ2n) is 5.28. The molecule has 0 heterocycles. The van der Waals surface area contributed by atoms with Crippen LogP contribution in [0.3, 0.4) is 0 Å². The van der Waals surface area contributed by atoms with Gasteiger partial charge in [0.25, 0.3) is 6.43 Å². The molecule has 1 aromatic carbocycles. The largest absolute Gasteiger partial charge is 0.383 e. The third kappa shape index (κ3) is 4.62. The van der Waals surface area contributed by atoms with Crippen molar-refractivity contribution >= 4 is 6.03 Å². The Kier molecular flexibility index (Phi) is 5.65. The molecular formula is C15H19F3N2O2. The van der Waals surface area contributed by atoms with Gasteiger partial charge in [0.15, 0.2) is 0 Å². The van der Waals surface area contributed by atoms with Gasteiger partial charge >= 0.3 is 6.03 Å². The lowest BCUT2D eigenvalue weighted by Gasteiger charge is -2.22. The molecule has 22 heavy (non-hydrogen) atoms. The van der Waals surface area contributed by atoms with Crippen LogP contribution in [0.5, 0.6) is 0 Å². The van der Waals surface area contributed by atoms with Crippen LogP contribution in [-0.2, 0) is 4.74 Å². The first-order valence-electron chi connectivity index (χ1n) is 7.09. The zero-order valence-electron chi connectivity index (χ0n) is 12.3. The highest BCUT2D eigenvalue weighted by Gasteiger charge is 2.40. The summed E-state index contributed by atoms with van der Waals surface area (Å²) in [5.41, 5.74) is 0.934. The first-order valence-corrected chi connectivity index (χ1v) is 7.09. The molecule has 122 valence electrons. The molecule has 1 aromatic rings. The van der Waals surface area contributed by atoms with E-state index >= 15 is 0 Å². The molecule has 2 atom stereocenters. The molecule has 0 aromatic heterocycles. The Bertz CT molecular complexity index is 496. The van der Waals surface area contributed by atoms with Crippen LogP contribution in [0.15, 0.2) is 24.3 Å². The molecule has 2 rings (SSSR count). The van der Waals surface area contributed by atoms with Gasteiger partial charge in [0.1, 0.15) is 5.82 Å². The van der Waals surface area contributed by atoms with E-state index in [1.54, 1.807) is 12.1 Å². The Labute approximate surface area is 127 Å². The van der Waals surface area contributed by atoms with E-state index in [9.17, 15) is 18.0 Å². The summed E-state index contributed by atoms with van der Waals surface area (Å²) in [7, 11) is 1.45. The maximum atomic E-state index is 12.9. The number of rotatable bonds is 7. The number of benzene rings is 1. The van der Waals surface area contributed by atoms with E-state index in [2.05, 4.69) is 5.32 Å². The molecule has 0 spiro atoms. The highest BCUT2D eigenvalue weighted by molar-refractivity contribution is 5.75. The third-order valence-electron chi connectivity index (χ3n) is 3.61. The number of amides is 2. The lowest BCUT2D eigenvalue weighted by Crippen LogP contribution is -2.45. The monoisotopic (exact) mass is 316 g/mol. The van der Waals surface area contributed by atoms with Crippen molar-refractivity contribution in [3.05, 3.63) is 35.6 Å². The number of nitrogens with zero attached hydrogens (tertiary/aromatic N) is 1. The maximum Gasteiger partial charge on any atom is 0.317 e. The fourth-order valence-electron chi connectivity index (χ4n) is 2.33. The summed E-state index contributed by atoms with van der Waals surface area (Å²) in [6.45, 7) is -0.310. The van der Waals surface area contributed by atoms with Crippen molar-refractivity contribution in [3.63, 3.8) is 0 Å². The van der Waals surface area contributed by atoms with Gasteiger partial charge in [-0.1, -0.05) is 12.1 Å². The highest BCUT2D eigenvalue weighted by Crippen LogP contribution is 2.40. The van der Waals surface area contributed by atoms with Gasteiger partial charge in [-0.2, -0.15) is 0 Å². The topological polar surface area (TPSA) is 41.6 Å². The van der Waals surface area contributed by atoms with Crippen LogP contribution < -0.4 is 5.32 Å². The van der Waals surface area contributed by atoms with E-state index in [1.807, 2.05) is 0 Å². The van der Waals surface area contributed by atoms with Crippen molar-refractivity contribution in [2.75, 3.05) is 26.8 Å². The number of methoxy groups -OCH3 is 1. The number of alkyl halides is 2. The molecule has 0 unspecified atom stereocenters. The lowest BCUT2D eigenvalue weighted by molar-refractivity contribution is 0.0833.